The first kappa shape index (κ1) is 16.0. The molecular weight excluding hydrogens is 268 g/mol. The molecule has 0 spiro atoms. The molecule has 2 rings (SSSR count). The normalized spacial score (nSPS) is 19.1. The smallest absolute Gasteiger partial charge is 0.221 e. The maximum atomic E-state index is 5.63. The molecule has 1 aromatic rings. The SMILES string of the molecule is CCOc1ncnc(N2CCOCC2CNC(C)C)c1C. The molecule has 0 aromatic carbocycles. The van der Waals surface area contributed by atoms with E-state index in [1.165, 1.54) is 0 Å². The Hall–Kier alpha value is -1.40. The Labute approximate surface area is 126 Å². The summed E-state index contributed by atoms with van der Waals surface area (Å²) in [5.41, 5.74) is 0.996. The number of hydrogen-bond donors (Lipinski definition) is 1. The van der Waals surface area contributed by atoms with Crippen LogP contribution in [-0.2, 0) is 4.74 Å². The topological polar surface area (TPSA) is 59.5 Å². The van der Waals surface area contributed by atoms with Crippen molar-refractivity contribution in [3.8, 4) is 5.88 Å². The third-order valence-corrected chi connectivity index (χ3v) is 3.55. The number of aromatic nitrogens is 2. The van der Waals surface area contributed by atoms with Crippen LogP contribution in [0.15, 0.2) is 6.33 Å². The van der Waals surface area contributed by atoms with Crippen LogP contribution >= 0.6 is 0 Å². The van der Waals surface area contributed by atoms with Crippen LogP contribution in [0, 0.1) is 6.92 Å². The minimum absolute atomic E-state index is 0.282. The van der Waals surface area contributed by atoms with Gasteiger partial charge in [-0.3, -0.25) is 0 Å². The highest BCUT2D eigenvalue weighted by atomic mass is 16.5. The summed E-state index contributed by atoms with van der Waals surface area (Å²) in [6.45, 7) is 12.1. The molecule has 1 unspecified atom stereocenters. The van der Waals surface area contributed by atoms with Crippen LogP contribution in [0.3, 0.4) is 0 Å². The Morgan fingerprint density at radius 3 is 3.00 bits per heavy atom. The minimum atomic E-state index is 0.282. The molecule has 6 heteroatoms. The first-order valence-corrected chi connectivity index (χ1v) is 7.65. The van der Waals surface area contributed by atoms with Crippen LogP contribution in [0.5, 0.6) is 5.88 Å². The number of nitrogens with zero attached hydrogens (tertiary/aromatic N) is 3. The van der Waals surface area contributed by atoms with Gasteiger partial charge in [0.1, 0.15) is 12.1 Å². The second-order valence-electron chi connectivity index (χ2n) is 5.55. The van der Waals surface area contributed by atoms with Crippen LogP contribution in [0.25, 0.3) is 0 Å². The van der Waals surface area contributed by atoms with E-state index < -0.39 is 0 Å². The lowest BCUT2D eigenvalue weighted by Gasteiger charge is -2.37. The Morgan fingerprint density at radius 1 is 1.48 bits per heavy atom. The lowest BCUT2D eigenvalue weighted by atomic mass is 10.2. The predicted molar refractivity (Wildman–Crippen MR) is 83.0 cm³/mol. The molecule has 2 heterocycles. The molecule has 0 radical (unpaired) electrons. The minimum Gasteiger partial charge on any atom is -0.478 e. The van der Waals surface area contributed by atoms with Gasteiger partial charge < -0.3 is 19.7 Å². The summed E-state index contributed by atoms with van der Waals surface area (Å²) in [6.07, 6.45) is 1.58. The van der Waals surface area contributed by atoms with Gasteiger partial charge in [0.25, 0.3) is 0 Å². The Morgan fingerprint density at radius 2 is 2.29 bits per heavy atom. The van der Waals surface area contributed by atoms with Crippen molar-refractivity contribution in [3.05, 3.63) is 11.9 Å². The van der Waals surface area contributed by atoms with E-state index in [1.807, 2.05) is 13.8 Å². The summed E-state index contributed by atoms with van der Waals surface area (Å²) >= 11 is 0. The van der Waals surface area contributed by atoms with E-state index in [0.717, 1.165) is 31.1 Å². The fourth-order valence-corrected chi connectivity index (χ4v) is 2.47. The third kappa shape index (κ3) is 4.04. The van der Waals surface area contributed by atoms with E-state index >= 15 is 0 Å². The van der Waals surface area contributed by atoms with Crippen LogP contribution in [0.2, 0.25) is 0 Å². The van der Waals surface area contributed by atoms with Gasteiger partial charge in [-0.05, 0) is 13.8 Å². The van der Waals surface area contributed by atoms with Gasteiger partial charge in [0.05, 0.1) is 31.4 Å². The van der Waals surface area contributed by atoms with Crippen molar-refractivity contribution in [1.29, 1.82) is 0 Å². The molecule has 0 aliphatic carbocycles. The zero-order chi connectivity index (χ0) is 15.2. The van der Waals surface area contributed by atoms with Gasteiger partial charge in [-0.1, -0.05) is 13.8 Å². The molecule has 1 fully saturated rings. The maximum Gasteiger partial charge on any atom is 0.221 e. The van der Waals surface area contributed by atoms with Crippen molar-refractivity contribution >= 4 is 5.82 Å². The van der Waals surface area contributed by atoms with Crippen molar-refractivity contribution in [3.63, 3.8) is 0 Å². The van der Waals surface area contributed by atoms with Gasteiger partial charge in [-0.15, -0.1) is 0 Å². The summed E-state index contributed by atoms with van der Waals surface area (Å²) < 4.78 is 11.2. The summed E-state index contributed by atoms with van der Waals surface area (Å²) in [6, 6.07) is 0.739. The van der Waals surface area contributed by atoms with Crippen molar-refractivity contribution in [2.75, 3.05) is 37.8 Å². The second kappa shape index (κ2) is 7.56. The lowest BCUT2D eigenvalue weighted by molar-refractivity contribution is 0.0926. The molecule has 1 saturated heterocycles. The van der Waals surface area contributed by atoms with E-state index in [4.69, 9.17) is 9.47 Å². The molecule has 1 aliphatic rings. The third-order valence-electron chi connectivity index (χ3n) is 3.55. The molecule has 21 heavy (non-hydrogen) atoms. The van der Waals surface area contributed by atoms with E-state index in [-0.39, 0.29) is 6.04 Å². The number of morpholine rings is 1. The molecule has 0 amide bonds. The summed E-state index contributed by atoms with van der Waals surface area (Å²) in [4.78, 5) is 11.0. The van der Waals surface area contributed by atoms with Crippen molar-refractivity contribution < 1.29 is 9.47 Å². The van der Waals surface area contributed by atoms with Crippen LogP contribution in [-0.4, -0.2) is 55.0 Å². The van der Waals surface area contributed by atoms with Gasteiger partial charge in [0.15, 0.2) is 0 Å². The Kier molecular flexibility index (Phi) is 5.76. The predicted octanol–water partition coefficient (Wildman–Crippen LogP) is 1.39. The Balaban J connectivity index is 2.18. The molecule has 1 aliphatic heterocycles. The number of nitrogens with one attached hydrogen (secondary N) is 1. The average Bonchev–Trinajstić information content (AvgIpc) is 2.48. The van der Waals surface area contributed by atoms with Crippen molar-refractivity contribution in [2.45, 2.75) is 39.8 Å². The Bertz CT molecular complexity index is 453. The standard InChI is InChI=1S/C15H26N4O2/c1-5-21-15-12(4)14(17-10-18-15)19-6-7-20-9-13(19)8-16-11(2)3/h10-11,13,16H,5-9H2,1-4H3. The van der Waals surface area contributed by atoms with Gasteiger partial charge in [-0.25, -0.2) is 9.97 Å². The zero-order valence-electron chi connectivity index (χ0n) is 13.4. The van der Waals surface area contributed by atoms with Gasteiger partial charge in [-0.2, -0.15) is 0 Å². The number of anilines is 1. The largest absolute Gasteiger partial charge is 0.478 e. The van der Waals surface area contributed by atoms with Gasteiger partial charge >= 0.3 is 0 Å². The van der Waals surface area contributed by atoms with E-state index in [2.05, 4.69) is 34.0 Å². The highest BCUT2D eigenvalue weighted by Crippen LogP contribution is 2.26. The molecule has 1 atom stereocenters. The van der Waals surface area contributed by atoms with Gasteiger partial charge in [0, 0.05) is 19.1 Å². The monoisotopic (exact) mass is 294 g/mol. The highest BCUT2D eigenvalue weighted by Gasteiger charge is 2.26. The van der Waals surface area contributed by atoms with Crippen LogP contribution in [0.4, 0.5) is 5.82 Å². The van der Waals surface area contributed by atoms with Crippen LogP contribution in [0.1, 0.15) is 26.3 Å². The quantitative estimate of drug-likeness (QED) is 0.855. The maximum absolute atomic E-state index is 5.63. The molecule has 0 bridgehead atoms. The van der Waals surface area contributed by atoms with E-state index in [0.29, 0.717) is 25.1 Å². The first-order chi connectivity index (χ1) is 10.1. The fourth-order valence-electron chi connectivity index (χ4n) is 2.47. The molecule has 6 nitrogen and oxygen atoms in total. The number of rotatable bonds is 6. The molecular formula is C15H26N4O2. The fraction of sp³-hybridized carbons (Fsp3) is 0.733. The zero-order valence-corrected chi connectivity index (χ0v) is 13.4. The molecule has 1 N–H and O–H groups in total. The van der Waals surface area contributed by atoms with E-state index in [9.17, 15) is 0 Å². The van der Waals surface area contributed by atoms with Crippen molar-refractivity contribution in [1.82, 2.24) is 15.3 Å². The van der Waals surface area contributed by atoms with Gasteiger partial charge in [0.2, 0.25) is 5.88 Å². The number of ether oxygens (including phenoxy) is 2. The summed E-state index contributed by atoms with van der Waals surface area (Å²) in [5, 5.41) is 3.48. The van der Waals surface area contributed by atoms with Crippen molar-refractivity contribution in [2.24, 2.45) is 0 Å². The summed E-state index contributed by atoms with van der Waals surface area (Å²) in [5.74, 6) is 1.62. The molecule has 0 saturated carbocycles. The van der Waals surface area contributed by atoms with Crippen LogP contribution < -0.4 is 15.0 Å². The average molecular weight is 294 g/mol. The molecule has 1 aromatic heterocycles. The summed E-state index contributed by atoms with van der Waals surface area (Å²) in [7, 11) is 0. The van der Waals surface area contributed by atoms with E-state index in [1.54, 1.807) is 6.33 Å². The first-order valence-electron chi connectivity index (χ1n) is 7.65. The highest BCUT2D eigenvalue weighted by molar-refractivity contribution is 5.51. The lowest BCUT2D eigenvalue weighted by Crippen LogP contribution is -2.52. The number of hydrogen-bond acceptors (Lipinski definition) is 6. The molecule has 118 valence electrons. The second-order valence-corrected chi connectivity index (χ2v) is 5.55.